The Labute approximate surface area is 220 Å². The molecule has 0 amide bonds. The Morgan fingerprint density at radius 2 is 1.78 bits per heavy atom. The van der Waals surface area contributed by atoms with Crippen LogP contribution in [0.5, 0.6) is 0 Å². The number of hydrogen-bond acceptors (Lipinski definition) is 2. The van der Waals surface area contributed by atoms with Crippen LogP contribution in [0.3, 0.4) is 0 Å². The standard InChI is InChI=1S/C31H51FO3Si/c1-9-10-11-20-18-21-19-22(35-36(7,8)29(2,3)4)14-16-30(21,5)24-15-17-31(6)23(26(20)24)12-13-25(31)27(32)28(33)34/h18,20,22-24,26H,9-17,19H2,1-8H3,(H,33,34)/t20-,22?,23-,24-,26-,30-,31-/m0/s1. The van der Waals surface area contributed by atoms with E-state index in [1.54, 1.807) is 5.57 Å². The van der Waals surface area contributed by atoms with E-state index in [1.165, 1.54) is 25.7 Å². The Balaban J connectivity index is 1.67. The van der Waals surface area contributed by atoms with Crippen LogP contribution in [0.15, 0.2) is 23.0 Å². The minimum atomic E-state index is -1.82. The van der Waals surface area contributed by atoms with Crippen molar-refractivity contribution in [2.45, 2.75) is 130 Å². The summed E-state index contributed by atoms with van der Waals surface area (Å²) in [7, 11) is -1.82. The maximum atomic E-state index is 14.8. The summed E-state index contributed by atoms with van der Waals surface area (Å²) in [5.74, 6) is -0.213. The predicted molar refractivity (Wildman–Crippen MR) is 148 cm³/mol. The molecule has 4 aliphatic rings. The SMILES string of the molecule is CCCC[C@H]1C=C2CC(O[Si](C)(C)C(C)(C)C)CC[C@]2(C)[C@H]2CC[C@]3(C)C(=C(F)C(=O)O)CC[C@H]3[C@H]12. The van der Waals surface area contributed by atoms with Crippen LogP contribution >= 0.6 is 0 Å². The highest BCUT2D eigenvalue weighted by Gasteiger charge is 2.60. The van der Waals surface area contributed by atoms with E-state index in [9.17, 15) is 14.3 Å². The highest BCUT2D eigenvalue weighted by molar-refractivity contribution is 6.74. The van der Waals surface area contributed by atoms with E-state index in [-0.39, 0.29) is 15.9 Å². The van der Waals surface area contributed by atoms with Gasteiger partial charge in [0.1, 0.15) is 0 Å². The molecule has 36 heavy (non-hydrogen) atoms. The number of rotatable bonds is 6. The number of carbonyl (C=O) groups is 1. The fourth-order valence-corrected chi connectivity index (χ4v) is 9.89. The van der Waals surface area contributed by atoms with Crippen LogP contribution in [0.25, 0.3) is 0 Å². The minimum absolute atomic E-state index is 0.194. The van der Waals surface area contributed by atoms with Gasteiger partial charge in [-0.25, -0.2) is 4.79 Å². The molecule has 0 aliphatic heterocycles. The molecular formula is C31H51FO3Si. The van der Waals surface area contributed by atoms with Gasteiger partial charge in [-0.2, -0.15) is 4.39 Å². The first-order valence-corrected chi connectivity index (χ1v) is 17.6. The number of carboxylic acid groups (broad SMARTS) is 1. The largest absolute Gasteiger partial charge is 0.476 e. The third-order valence-corrected chi connectivity index (χ3v) is 16.2. The molecule has 5 heteroatoms. The van der Waals surface area contributed by atoms with Crippen molar-refractivity contribution in [2.24, 2.45) is 34.5 Å². The van der Waals surface area contributed by atoms with Crippen molar-refractivity contribution in [1.82, 2.24) is 0 Å². The first kappa shape index (κ1) is 28.1. The monoisotopic (exact) mass is 518 g/mol. The zero-order valence-corrected chi connectivity index (χ0v) is 25.2. The van der Waals surface area contributed by atoms with E-state index in [4.69, 9.17) is 4.43 Å². The van der Waals surface area contributed by atoms with Gasteiger partial charge in [-0.3, -0.25) is 0 Å². The van der Waals surface area contributed by atoms with Crippen LogP contribution in [0.1, 0.15) is 106 Å². The molecule has 0 aromatic rings. The molecule has 3 nitrogen and oxygen atoms in total. The van der Waals surface area contributed by atoms with Crippen molar-refractivity contribution in [1.29, 1.82) is 0 Å². The molecule has 3 fully saturated rings. The molecule has 3 saturated carbocycles. The minimum Gasteiger partial charge on any atom is -0.476 e. The second-order valence-corrected chi connectivity index (χ2v) is 19.3. The summed E-state index contributed by atoms with van der Waals surface area (Å²) in [6, 6.07) is 0. The average Bonchev–Trinajstić information content (AvgIpc) is 3.13. The Kier molecular flexibility index (Phi) is 7.54. The first-order valence-electron chi connectivity index (χ1n) is 14.7. The maximum Gasteiger partial charge on any atom is 0.364 e. The molecule has 0 spiro atoms. The summed E-state index contributed by atoms with van der Waals surface area (Å²) in [6.45, 7) is 18.7. The number of hydrogen-bond donors (Lipinski definition) is 1. The van der Waals surface area contributed by atoms with Gasteiger partial charge in [0.15, 0.2) is 8.32 Å². The highest BCUT2D eigenvalue weighted by Crippen LogP contribution is 2.68. The quantitative estimate of drug-likeness (QED) is 0.217. The Morgan fingerprint density at radius 1 is 1.14 bits per heavy atom. The van der Waals surface area contributed by atoms with Crippen molar-refractivity contribution in [3.8, 4) is 0 Å². The van der Waals surface area contributed by atoms with E-state index < -0.39 is 20.1 Å². The molecule has 204 valence electrons. The molecule has 4 aliphatic carbocycles. The second-order valence-electron chi connectivity index (χ2n) is 14.5. The molecular weight excluding hydrogens is 467 g/mol. The second kappa shape index (κ2) is 9.66. The number of halogens is 1. The van der Waals surface area contributed by atoms with E-state index in [0.717, 1.165) is 32.1 Å². The Morgan fingerprint density at radius 3 is 2.39 bits per heavy atom. The van der Waals surface area contributed by atoms with Gasteiger partial charge in [-0.1, -0.05) is 66.0 Å². The number of aliphatic carboxylic acids is 1. The third-order valence-electron chi connectivity index (χ3n) is 11.6. The van der Waals surface area contributed by atoms with Gasteiger partial charge in [0.25, 0.3) is 0 Å². The first-order chi connectivity index (χ1) is 16.7. The van der Waals surface area contributed by atoms with Crippen LogP contribution in [0.4, 0.5) is 4.39 Å². The maximum absolute atomic E-state index is 14.8. The van der Waals surface area contributed by atoms with Crippen LogP contribution in [-0.4, -0.2) is 25.5 Å². The van der Waals surface area contributed by atoms with E-state index in [2.05, 4.69) is 60.7 Å². The van der Waals surface area contributed by atoms with Crippen LogP contribution < -0.4 is 0 Å². The molecule has 0 heterocycles. The normalized spacial score (nSPS) is 40.1. The summed E-state index contributed by atoms with van der Waals surface area (Å²) in [4.78, 5) is 11.6. The topological polar surface area (TPSA) is 46.5 Å². The molecule has 0 aromatic heterocycles. The average molecular weight is 519 g/mol. The summed E-state index contributed by atoms with van der Waals surface area (Å²) < 4.78 is 21.8. The van der Waals surface area contributed by atoms with Gasteiger partial charge in [0.2, 0.25) is 5.83 Å². The lowest BCUT2D eigenvalue weighted by atomic mass is 9.45. The fourth-order valence-electron chi connectivity index (χ4n) is 8.50. The Bertz CT molecular complexity index is 931. The molecule has 7 atom stereocenters. The lowest BCUT2D eigenvalue weighted by Gasteiger charge is -2.60. The Hall–Kier alpha value is -0.943. The van der Waals surface area contributed by atoms with E-state index >= 15 is 0 Å². The van der Waals surface area contributed by atoms with Crippen LogP contribution in [0.2, 0.25) is 18.1 Å². The molecule has 0 bridgehead atoms. The van der Waals surface area contributed by atoms with Crippen molar-refractivity contribution < 1.29 is 18.7 Å². The van der Waals surface area contributed by atoms with Gasteiger partial charge in [0, 0.05) is 6.10 Å². The summed E-state index contributed by atoms with van der Waals surface area (Å²) in [6.07, 6.45) is 13.5. The van der Waals surface area contributed by atoms with Crippen LogP contribution in [0, 0.1) is 34.5 Å². The molecule has 0 saturated heterocycles. The fraction of sp³-hybridized carbons (Fsp3) is 0.839. The zero-order valence-electron chi connectivity index (χ0n) is 24.2. The number of allylic oxidation sites excluding steroid dienone is 2. The number of carboxylic acids is 1. The van der Waals surface area contributed by atoms with E-state index in [1.807, 2.05) is 0 Å². The van der Waals surface area contributed by atoms with E-state index in [0.29, 0.717) is 41.8 Å². The van der Waals surface area contributed by atoms with Crippen molar-refractivity contribution in [3.63, 3.8) is 0 Å². The zero-order chi connectivity index (χ0) is 26.7. The van der Waals surface area contributed by atoms with Gasteiger partial charge >= 0.3 is 5.97 Å². The molecule has 1 N–H and O–H groups in total. The lowest BCUT2D eigenvalue weighted by molar-refractivity contribution is -0.134. The number of fused-ring (bicyclic) bond motifs is 5. The van der Waals surface area contributed by atoms with Crippen molar-refractivity contribution in [2.75, 3.05) is 0 Å². The molecule has 0 radical (unpaired) electrons. The van der Waals surface area contributed by atoms with Crippen molar-refractivity contribution >= 4 is 14.3 Å². The molecule has 1 unspecified atom stereocenters. The lowest BCUT2D eigenvalue weighted by Crippen LogP contribution is -2.53. The highest BCUT2D eigenvalue weighted by atomic mass is 28.4. The molecule has 4 rings (SSSR count). The number of unbranched alkanes of at least 4 members (excludes halogenated alkanes) is 1. The summed E-state index contributed by atoms with van der Waals surface area (Å²) in [5.41, 5.74) is 2.12. The van der Waals surface area contributed by atoms with Crippen molar-refractivity contribution in [3.05, 3.63) is 23.0 Å². The van der Waals surface area contributed by atoms with Gasteiger partial charge in [-0.15, -0.1) is 0 Å². The summed E-state index contributed by atoms with van der Waals surface area (Å²) in [5, 5.41) is 9.67. The van der Waals surface area contributed by atoms with Gasteiger partial charge in [0.05, 0.1) is 0 Å². The molecule has 0 aromatic carbocycles. The van der Waals surface area contributed by atoms with Crippen LogP contribution in [-0.2, 0) is 9.22 Å². The third kappa shape index (κ3) is 4.59. The van der Waals surface area contributed by atoms with Gasteiger partial charge < -0.3 is 9.53 Å². The summed E-state index contributed by atoms with van der Waals surface area (Å²) >= 11 is 0. The van der Waals surface area contributed by atoms with Gasteiger partial charge in [-0.05, 0) is 110 Å². The predicted octanol–water partition coefficient (Wildman–Crippen LogP) is 9.06. The smallest absolute Gasteiger partial charge is 0.364 e.